The molecule has 3 aromatic rings. The number of aromatic nitrogens is 1. The molecule has 2 amide bonds. The Morgan fingerprint density at radius 3 is 2.55 bits per heavy atom. The van der Waals surface area contributed by atoms with Crippen LogP contribution in [0.1, 0.15) is 33.6 Å². The quantitative estimate of drug-likeness (QED) is 0.615. The summed E-state index contributed by atoms with van der Waals surface area (Å²) in [7, 11) is 0. The van der Waals surface area contributed by atoms with Crippen molar-refractivity contribution in [2.75, 3.05) is 11.9 Å². The summed E-state index contributed by atoms with van der Waals surface area (Å²) in [5.41, 5.74) is 3.38. The molecule has 0 aliphatic carbocycles. The van der Waals surface area contributed by atoms with Gasteiger partial charge in [-0.2, -0.15) is 0 Å². The number of nitrogens with one attached hydrogen (secondary N) is 1. The highest BCUT2D eigenvalue weighted by Gasteiger charge is 2.20. The van der Waals surface area contributed by atoms with Crippen molar-refractivity contribution < 1.29 is 9.59 Å². The Balaban J connectivity index is 1.43. The molecular weight excluding hydrogens is 406 g/mol. The average Bonchev–Trinajstić information content (AvgIpc) is 3.28. The number of hydrogen-bond acceptors (Lipinski definition) is 4. The number of nitrogens with zero attached hydrogens (tertiary/aromatic N) is 2. The molecule has 0 spiro atoms. The molecule has 0 unspecified atom stereocenters. The van der Waals surface area contributed by atoms with E-state index in [9.17, 15) is 9.59 Å². The molecular formula is C22H20ClN3O2S. The van der Waals surface area contributed by atoms with Crippen LogP contribution in [0.25, 0.3) is 11.3 Å². The number of carbonyl (C=O) groups excluding carboxylic acids is 2. The van der Waals surface area contributed by atoms with Crippen molar-refractivity contribution >= 4 is 39.9 Å². The second-order valence-electron chi connectivity index (χ2n) is 7.00. The molecule has 29 heavy (non-hydrogen) atoms. The summed E-state index contributed by atoms with van der Waals surface area (Å²) in [6, 6.07) is 14.8. The normalized spacial score (nSPS) is 13.7. The lowest BCUT2D eigenvalue weighted by molar-refractivity contribution is -0.128. The van der Waals surface area contributed by atoms with Crippen LogP contribution in [0.4, 0.5) is 5.13 Å². The molecule has 0 bridgehead atoms. The van der Waals surface area contributed by atoms with Crippen LogP contribution in [0, 0.1) is 6.92 Å². The predicted octanol–water partition coefficient (Wildman–Crippen LogP) is 5.15. The van der Waals surface area contributed by atoms with E-state index in [1.54, 1.807) is 12.1 Å². The highest BCUT2D eigenvalue weighted by atomic mass is 35.5. The SMILES string of the molecule is Cc1sc(NC(=O)c2ccc(CN3CCCC3=O)cc2)nc1-c1ccc(Cl)cc1. The van der Waals surface area contributed by atoms with Crippen LogP contribution in [0.3, 0.4) is 0 Å². The first-order chi connectivity index (χ1) is 14.0. The lowest BCUT2D eigenvalue weighted by atomic mass is 10.1. The molecule has 148 valence electrons. The van der Waals surface area contributed by atoms with E-state index in [4.69, 9.17) is 11.6 Å². The fourth-order valence-electron chi connectivity index (χ4n) is 3.35. The van der Waals surface area contributed by atoms with Crippen molar-refractivity contribution in [1.82, 2.24) is 9.88 Å². The second kappa shape index (κ2) is 8.35. The van der Waals surface area contributed by atoms with Crippen LogP contribution in [-0.2, 0) is 11.3 Å². The second-order valence-corrected chi connectivity index (χ2v) is 8.64. The smallest absolute Gasteiger partial charge is 0.257 e. The molecule has 5 nitrogen and oxygen atoms in total. The minimum Gasteiger partial charge on any atom is -0.338 e. The standard InChI is InChI=1S/C22H20ClN3O2S/c1-14-20(16-8-10-18(23)11-9-16)24-22(29-14)25-21(28)17-6-4-15(5-7-17)13-26-12-2-3-19(26)27/h4-11H,2-3,12-13H2,1H3,(H,24,25,28). The van der Waals surface area contributed by atoms with E-state index in [0.717, 1.165) is 34.7 Å². The van der Waals surface area contributed by atoms with Gasteiger partial charge in [-0.15, -0.1) is 11.3 Å². The highest BCUT2D eigenvalue weighted by molar-refractivity contribution is 7.16. The Hall–Kier alpha value is -2.70. The van der Waals surface area contributed by atoms with Gasteiger partial charge in [0.05, 0.1) is 5.69 Å². The highest BCUT2D eigenvalue weighted by Crippen LogP contribution is 2.31. The van der Waals surface area contributed by atoms with E-state index in [-0.39, 0.29) is 11.8 Å². The Bertz CT molecular complexity index is 1040. The number of anilines is 1. The van der Waals surface area contributed by atoms with Gasteiger partial charge in [-0.3, -0.25) is 14.9 Å². The molecule has 2 heterocycles. The monoisotopic (exact) mass is 425 g/mol. The topological polar surface area (TPSA) is 62.3 Å². The Labute approximate surface area is 178 Å². The van der Waals surface area contributed by atoms with Gasteiger partial charge in [0, 0.05) is 40.5 Å². The Morgan fingerprint density at radius 2 is 1.90 bits per heavy atom. The Kier molecular flexibility index (Phi) is 5.65. The van der Waals surface area contributed by atoms with Gasteiger partial charge in [0.1, 0.15) is 0 Å². The maximum Gasteiger partial charge on any atom is 0.257 e. The van der Waals surface area contributed by atoms with Crippen LogP contribution < -0.4 is 5.32 Å². The molecule has 1 saturated heterocycles. The van der Waals surface area contributed by atoms with Crippen molar-refractivity contribution in [2.45, 2.75) is 26.3 Å². The predicted molar refractivity (Wildman–Crippen MR) is 116 cm³/mol. The van der Waals surface area contributed by atoms with E-state index in [1.165, 1.54) is 11.3 Å². The summed E-state index contributed by atoms with van der Waals surface area (Å²) >= 11 is 7.39. The summed E-state index contributed by atoms with van der Waals surface area (Å²) in [4.78, 5) is 31.8. The van der Waals surface area contributed by atoms with Crippen molar-refractivity contribution in [3.63, 3.8) is 0 Å². The van der Waals surface area contributed by atoms with Gasteiger partial charge < -0.3 is 4.90 Å². The van der Waals surface area contributed by atoms with Gasteiger partial charge in [-0.05, 0) is 43.2 Å². The number of likely N-dealkylation sites (tertiary alicyclic amines) is 1. The average molecular weight is 426 g/mol. The van der Waals surface area contributed by atoms with E-state index < -0.39 is 0 Å². The molecule has 0 saturated carbocycles. The number of thiazole rings is 1. The van der Waals surface area contributed by atoms with E-state index >= 15 is 0 Å². The summed E-state index contributed by atoms with van der Waals surface area (Å²) < 4.78 is 0. The van der Waals surface area contributed by atoms with Crippen LogP contribution in [0.2, 0.25) is 5.02 Å². The minimum atomic E-state index is -0.204. The van der Waals surface area contributed by atoms with Gasteiger partial charge in [0.2, 0.25) is 5.91 Å². The summed E-state index contributed by atoms with van der Waals surface area (Å²) in [5.74, 6) is -0.00680. The van der Waals surface area contributed by atoms with Crippen molar-refractivity contribution in [1.29, 1.82) is 0 Å². The third-order valence-corrected chi connectivity index (χ3v) is 6.03. The number of halogens is 1. The first kappa shape index (κ1) is 19.6. The molecule has 1 N–H and O–H groups in total. The van der Waals surface area contributed by atoms with Crippen molar-refractivity contribution in [2.24, 2.45) is 0 Å². The first-order valence-corrected chi connectivity index (χ1v) is 10.6. The fraction of sp³-hybridized carbons (Fsp3) is 0.227. The number of hydrogen-bond donors (Lipinski definition) is 1. The molecule has 2 aromatic carbocycles. The third-order valence-electron chi connectivity index (χ3n) is 4.90. The maximum atomic E-state index is 12.6. The zero-order valence-corrected chi connectivity index (χ0v) is 17.5. The van der Waals surface area contributed by atoms with Gasteiger partial charge in [-0.25, -0.2) is 4.98 Å². The first-order valence-electron chi connectivity index (χ1n) is 9.41. The number of benzene rings is 2. The third kappa shape index (κ3) is 4.49. The molecule has 1 aliphatic rings. The number of aryl methyl sites for hydroxylation is 1. The van der Waals surface area contributed by atoms with Crippen LogP contribution >= 0.6 is 22.9 Å². The van der Waals surface area contributed by atoms with Gasteiger partial charge >= 0.3 is 0 Å². The molecule has 0 radical (unpaired) electrons. The lowest BCUT2D eigenvalue weighted by Crippen LogP contribution is -2.23. The molecule has 0 atom stereocenters. The van der Waals surface area contributed by atoms with E-state index in [1.807, 2.05) is 48.2 Å². The number of amides is 2. The summed E-state index contributed by atoms with van der Waals surface area (Å²) in [6.07, 6.45) is 1.55. The maximum absolute atomic E-state index is 12.6. The van der Waals surface area contributed by atoms with E-state index in [0.29, 0.717) is 28.7 Å². The van der Waals surface area contributed by atoms with Crippen LogP contribution in [0.5, 0.6) is 0 Å². The summed E-state index contributed by atoms with van der Waals surface area (Å²) in [5, 5.41) is 4.11. The molecule has 4 rings (SSSR count). The van der Waals surface area contributed by atoms with Crippen LogP contribution in [-0.4, -0.2) is 28.2 Å². The lowest BCUT2D eigenvalue weighted by Gasteiger charge is -2.15. The van der Waals surface area contributed by atoms with E-state index in [2.05, 4.69) is 10.3 Å². The van der Waals surface area contributed by atoms with Gasteiger partial charge in [0.15, 0.2) is 5.13 Å². The minimum absolute atomic E-state index is 0.197. The fourth-order valence-corrected chi connectivity index (χ4v) is 4.30. The number of carbonyl (C=O) groups is 2. The zero-order valence-electron chi connectivity index (χ0n) is 15.9. The van der Waals surface area contributed by atoms with Crippen molar-refractivity contribution in [3.8, 4) is 11.3 Å². The van der Waals surface area contributed by atoms with Crippen LogP contribution in [0.15, 0.2) is 48.5 Å². The van der Waals surface area contributed by atoms with Crippen molar-refractivity contribution in [3.05, 3.63) is 69.6 Å². The molecule has 1 aliphatic heterocycles. The molecule has 7 heteroatoms. The largest absolute Gasteiger partial charge is 0.338 e. The Morgan fingerprint density at radius 1 is 1.17 bits per heavy atom. The zero-order chi connectivity index (χ0) is 20.4. The number of rotatable bonds is 5. The molecule has 1 fully saturated rings. The summed E-state index contributed by atoms with van der Waals surface area (Å²) in [6.45, 7) is 3.38. The molecule has 1 aromatic heterocycles. The van der Waals surface area contributed by atoms with Gasteiger partial charge in [0.25, 0.3) is 5.91 Å². The van der Waals surface area contributed by atoms with Gasteiger partial charge in [-0.1, -0.05) is 35.9 Å².